The molecule has 2 aromatic heterocycles. The monoisotopic (exact) mass is 304 g/mol. The number of aryl methyl sites for hydroxylation is 2. The number of rotatable bonds is 2. The van der Waals surface area contributed by atoms with Crippen LogP contribution in [0.4, 0.5) is 0 Å². The van der Waals surface area contributed by atoms with Crippen molar-refractivity contribution in [2.75, 3.05) is 6.54 Å². The van der Waals surface area contributed by atoms with Gasteiger partial charge in [-0.05, 0) is 19.4 Å². The topological polar surface area (TPSA) is 81.2 Å². The van der Waals surface area contributed by atoms with Crippen LogP contribution in [-0.2, 0) is 13.1 Å². The van der Waals surface area contributed by atoms with E-state index in [-0.39, 0.29) is 5.91 Å². The highest BCUT2D eigenvalue weighted by molar-refractivity contribution is 7.09. The van der Waals surface area contributed by atoms with E-state index in [0.29, 0.717) is 24.3 Å². The third-order valence-corrected chi connectivity index (χ3v) is 4.35. The van der Waals surface area contributed by atoms with Crippen LogP contribution < -0.4 is 5.73 Å². The van der Waals surface area contributed by atoms with Crippen LogP contribution in [0, 0.1) is 6.92 Å². The fraction of sp³-hybridized carbons (Fsp3) is 0.357. The van der Waals surface area contributed by atoms with E-state index in [1.807, 2.05) is 11.5 Å². The van der Waals surface area contributed by atoms with E-state index in [4.69, 9.17) is 5.73 Å². The first-order valence-electron chi connectivity index (χ1n) is 6.75. The molecule has 0 fully saturated rings. The molecule has 110 valence electrons. The lowest BCUT2D eigenvalue weighted by atomic mass is 10.2. The van der Waals surface area contributed by atoms with Gasteiger partial charge in [0.25, 0.3) is 5.91 Å². The number of nitrogens with zero attached hydrogens (tertiary/aromatic N) is 3. The first-order chi connectivity index (χ1) is 10.0. The summed E-state index contributed by atoms with van der Waals surface area (Å²) < 4.78 is 2.00. The van der Waals surface area contributed by atoms with Gasteiger partial charge in [0.05, 0.1) is 17.1 Å². The minimum Gasteiger partial charge on any atom is -0.366 e. The average molecular weight is 304 g/mol. The molecule has 1 aliphatic rings. The number of fused-ring (bicyclic) bond motifs is 1. The second-order valence-electron chi connectivity index (χ2n) is 5.11. The lowest BCUT2D eigenvalue weighted by Gasteiger charge is -2.18. The van der Waals surface area contributed by atoms with Crippen molar-refractivity contribution in [1.29, 1.82) is 0 Å². The summed E-state index contributed by atoms with van der Waals surface area (Å²) in [6.45, 7) is 3.82. The molecule has 2 aromatic rings. The van der Waals surface area contributed by atoms with Crippen molar-refractivity contribution in [3.63, 3.8) is 0 Å². The Bertz CT molecular complexity index is 704. The van der Waals surface area contributed by atoms with E-state index in [1.165, 1.54) is 11.3 Å². The Morgan fingerprint density at radius 2 is 2.19 bits per heavy atom. The lowest BCUT2D eigenvalue weighted by molar-refractivity contribution is 0.0740. The van der Waals surface area contributed by atoms with Crippen molar-refractivity contribution in [1.82, 2.24) is 14.5 Å². The van der Waals surface area contributed by atoms with Gasteiger partial charge in [-0.25, -0.2) is 4.98 Å². The number of nitrogens with two attached hydrogens (primary N) is 1. The minimum absolute atomic E-state index is 0.0605. The molecule has 0 unspecified atom stereocenters. The quantitative estimate of drug-likeness (QED) is 0.910. The van der Waals surface area contributed by atoms with Crippen molar-refractivity contribution in [2.45, 2.75) is 26.4 Å². The fourth-order valence-corrected chi connectivity index (χ4v) is 3.12. The van der Waals surface area contributed by atoms with Gasteiger partial charge in [-0.3, -0.25) is 9.59 Å². The maximum absolute atomic E-state index is 12.5. The van der Waals surface area contributed by atoms with Gasteiger partial charge in [0, 0.05) is 30.4 Å². The van der Waals surface area contributed by atoms with Gasteiger partial charge >= 0.3 is 0 Å². The summed E-state index contributed by atoms with van der Waals surface area (Å²) in [7, 11) is 0. The van der Waals surface area contributed by atoms with Crippen LogP contribution in [-0.4, -0.2) is 32.8 Å². The first-order valence-corrected chi connectivity index (χ1v) is 7.63. The number of hydrogen-bond donors (Lipinski definition) is 1. The molecule has 1 aliphatic heterocycles. The number of hydrogen-bond acceptors (Lipinski definition) is 4. The third-order valence-electron chi connectivity index (χ3n) is 3.58. The molecule has 0 spiro atoms. The first kappa shape index (κ1) is 13.8. The number of primary amides is 1. The molecule has 7 heteroatoms. The maximum Gasteiger partial charge on any atom is 0.273 e. The van der Waals surface area contributed by atoms with Crippen molar-refractivity contribution in [3.05, 3.63) is 39.6 Å². The summed E-state index contributed by atoms with van der Waals surface area (Å²) in [5.74, 6) is -0.502. The van der Waals surface area contributed by atoms with Gasteiger partial charge in [0.1, 0.15) is 5.69 Å². The van der Waals surface area contributed by atoms with Crippen molar-refractivity contribution >= 4 is 23.2 Å². The average Bonchev–Trinajstić information content (AvgIpc) is 2.99. The van der Waals surface area contributed by atoms with Gasteiger partial charge < -0.3 is 15.2 Å². The molecule has 3 rings (SSSR count). The van der Waals surface area contributed by atoms with Crippen LogP contribution in [0.25, 0.3) is 0 Å². The molecular formula is C14H16N4O2S. The molecule has 2 amide bonds. The Kier molecular flexibility index (Phi) is 3.50. The van der Waals surface area contributed by atoms with E-state index >= 15 is 0 Å². The van der Waals surface area contributed by atoms with Gasteiger partial charge in [-0.1, -0.05) is 0 Å². The lowest BCUT2D eigenvalue weighted by Crippen LogP contribution is -2.31. The Morgan fingerprint density at radius 3 is 2.86 bits per heavy atom. The molecule has 2 N–H and O–H groups in total. The van der Waals surface area contributed by atoms with Crippen LogP contribution >= 0.6 is 11.3 Å². The Balaban J connectivity index is 1.84. The van der Waals surface area contributed by atoms with Crippen molar-refractivity contribution < 1.29 is 9.59 Å². The van der Waals surface area contributed by atoms with Crippen LogP contribution in [0.5, 0.6) is 0 Å². The second-order valence-corrected chi connectivity index (χ2v) is 6.17. The van der Waals surface area contributed by atoms with E-state index in [9.17, 15) is 9.59 Å². The maximum atomic E-state index is 12.5. The van der Waals surface area contributed by atoms with Gasteiger partial charge in [0.2, 0.25) is 5.91 Å². The summed E-state index contributed by atoms with van der Waals surface area (Å²) in [6.07, 6.45) is 2.60. The molecule has 6 nitrogen and oxygen atoms in total. The summed E-state index contributed by atoms with van der Waals surface area (Å²) in [5, 5.41) is 2.67. The van der Waals surface area contributed by atoms with E-state index in [0.717, 1.165) is 23.7 Å². The highest BCUT2D eigenvalue weighted by Crippen LogP contribution is 2.19. The van der Waals surface area contributed by atoms with E-state index in [1.54, 1.807) is 22.5 Å². The highest BCUT2D eigenvalue weighted by Gasteiger charge is 2.23. The summed E-state index contributed by atoms with van der Waals surface area (Å²) >= 11 is 1.47. The zero-order chi connectivity index (χ0) is 15.0. The Hall–Kier alpha value is -2.15. The smallest absolute Gasteiger partial charge is 0.273 e. The zero-order valence-electron chi connectivity index (χ0n) is 11.7. The molecule has 0 radical (unpaired) electrons. The van der Waals surface area contributed by atoms with Crippen LogP contribution in [0.2, 0.25) is 0 Å². The Labute approximate surface area is 126 Å². The molecule has 21 heavy (non-hydrogen) atoms. The van der Waals surface area contributed by atoms with E-state index < -0.39 is 5.91 Å². The third kappa shape index (κ3) is 2.69. The largest absolute Gasteiger partial charge is 0.366 e. The zero-order valence-corrected chi connectivity index (χ0v) is 12.5. The van der Waals surface area contributed by atoms with Gasteiger partial charge in [-0.2, -0.15) is 0 Å². The second kappa shape index (κ2) is 5.33. The SMILES string of the molecule is Cc1nc(C(=O)N2CCCn3cc(C(N)=O)cc3C2)cs1. The van der Waals surface area contributed by atoms with Crippen LogP contribution in [0.3, 0.4) is 0 Å². The number of thiazole rings is 1. The summed E-state index contributed by atoms with van der Waals surface area (Å²) in [5.41, 5.74) is 7.23. The van der Waals surface area contributed by atoms with Crippen molar-refractivity contribution in [2.24, 2.45) is 5.73 Å². The predicted molar refractivity (Wildman–Crippen MR) is 79.2 cm³/mol. The molecule has 0 atom stereocenters. The number of carbonyl (C=O) groups is 2. The molecule has 0 saturated heterocycles. The molecule has 0 bridgehead atoms. The fourth-order valence-electron chi connectivity index (χ4n) is 2.53. The Morgan fingerprint density at radius 1 is 1.38 bits per heavy atom. The standard InChI is InChI=1S/C14H16N4O2S/c1-9-16-12(8-21-9)14(20)18-4-2-3-17-6-10(13(15)19)5-11(17)7-18/h5-6,8H,2-4,7H2,1H3,(H2,15,19). The normalized spacial score (nSPS) is 14.6. The minimum atomic E-state index is -0.441. The number of carbonyl (C=O) groups excluding carboxylic acids is 2. The number of amides is 2. The van der Waals surface area contributed by atoms with Gasteiger partial charge in [0.15, 0.2) is 0 Å². The predicted octanol–water partition coefficient (Wildman–Crippen LogP) is 1.40. The van der Waals surface area contributed by atoms with Gasteiger partial charge in [-0.15, -0.1) is 11.3 Å². The van der Waals surface area contributed by atoms with E-state index in [2.05, 4.69) is 4.98 Å². The highest BCUT2D eigenvalue weighted by atomic mass is 32.1. The molecule has 3 heterocycles. The molecule has 0 aliphatic carbocycles. The summed E-state index contributed by atoms with van der Waals surface area (Å²) in [4.78, 5) is 29.8. The number of aromatic nitrogens is 2. The molecule has 0 aromatic carbocycles. The van der Waals surface area contributed by atoms with Crippen molar-refractivity contribution in [3.8, 4) is 0 Å². The van der Waals surface area contributed by atoms with Crippen LogP contribution in [0.15, 0.2) is 17.6 Å². The molecule has 0 saturated carbocycles. The summed E-state index contributed by atoms with van der Waals surface area (Å²) in [6, 6.07) is 1.76. The molecular weight excluding hydrogens is 288 g/mol. The van der Waals surface area contributed by atoms with Crippen LogP contribution in [0.1, 0.15) is 38.0 Å².